The Morgan fingerprint density at radius 1 is 1.35 bits per heavy atom. The van der Waals surface area contributed by atoms with Crippen LogP contribution in [0.25, 0.3) is 0 Å². The zero-order valence-electron chi connectivity index (χ0n) is 10.3. The number of rotatable bonds is 3. The number of furan rings is 1. The molecule has 0 aliphatic carbocycles. The molecule has 1 aromatic carbocycles. The number of hydrogen-bond donors (Lipinski definition) is 2. The highest BCUT2D eigenvalue weighted by atomic mass is 16.6. The summed E-state index contributed by atoms with van der Waals surface area (Å²) >= 11 is 0. The van der Waals surface area contributed by atoms with Crippen molar-refractivity contribution in [2.45, 2.75) is 12.5 Å². The van der Waals surface area contributed by atoms with Crippen molar-refractivity contribution >= 4 is 17.5 Å². The molecule has 102 valence electrons. The zero-order chi connectivity index (χ0) is 14.3. The Morgan fingerprint density at radius 3 is 2.85 bits per heavy atom. The molecule has 1 aromatic heterocycles. The van der Waals surface area contributed by atoms with Gasteiger partial charge in [0.1, 0.15) is 10.7 Å². The van der Waals surface area contributed by atoms with E-state index in [0.717, 1.165) is 16.8 Å². The van der Waals surface area contributed by atoms with Gasteiger partial charge in [0.05, 0.1) is 18.5 Å². The Balaban J connectivity index is 1.90. The highest BCUT2D eigenvalue weighted by Gasteiger charge is 2.22. The number of anilines is 1. The minimum atomic E-state index is -0.610. The number of benzene rings is 1. The van der Waals surface area contributed by atoms with E-state index in [0.29, 0.717) is 12.2 Å². The number of nitro groups is 1. The summed E-state index contributed by atoms with van der Waals surface area (Å²) < 4.78 is 5.10. The average Bonchev–Trinajstić information content (AvgIpc) is 3.02. The molecule has 2 aromatic rings. The molecule has 3 N–H and O–H groups in total. The Bertz CT molecular complexity index is 707. The lowest BCUT2D eigenvalue weighted by Crippen LogP contribution is -2.11. The maximum atomic E-state index is 11.3. The van der Waals surface area contributed by atoms with E-state index in [-0.39, 0.29) is 11.8 Å². The Morgan fingerprint density at radius 2 is 2.15 bits per heavy atom. The molecule has 7 heteroatoms. The van der Waals surface area contributed by atoms with Crippen LogP contribution in [0, 0.1) is 10.1 Å². The molecule has 20 heavy (non-hydrogen) atoms. The summed E-state index contributed by atoms with van der Waals surface area (Å²) in [4.78, 5) is 21.3. The Kier molecular flexibility index (Phi) is 2.76. The number of amides is 1. The van der Waals surface area contributed by atoms with Crippen LogP contribution in [0.4, 0.5) is 11.6 Å². The predicted octanol–water partition coefficient (Wildman–Crippen LogP) is 1.73. The minimum absolute atomic E-state index is 0.0562. The van der Waals surface area contributed by atoms with E-state index < -0.39 is 11.0 Å². The van der Waals surface area contributed by atoms with Gasteiger partial charge in [0, 0.05) is 5.69 Å². The molecule has 0 radical (unpaired) electrons. The first kappa shape index (κ1) is 12.4. The van der Waals surface area contributed by atoms with Crippen LogP contribution >= 0.6 is 0 Å². The smallest absolute Gasteiger partial charge is 0.404 e. The average molecular weight is 273 g/mol. The van der Waals surface area contributed by atoms with Gasteiger partial charge >= 0.3 is 5.88 Å². The second kappa shape index (κ2) is 4.46. The van der Waals surface area contributed by atoms with Crippen LogP contribution in [0.15, 0.2) is 34.7 Å². The van der Waals surface area contributed by atoms with Crippen LogP contribution in [0.3, 0.4) is 0 Å². The molecule has 0 saturated carbocycles. The highest BCUT2D eigenvalue weighted by molar-refractivity contribution is 5.99. The molecule has 0 spiro atoms. The molecule has 1 aliphatic rings. The number of carbonyl (C=O) groups excluding carboxylic acids is 1. The van der Waals surface area contributed by atoms with E-state index in [2.05, 4.69) is 5.32 Å². The van der Waals surface area contributed by atoms with Gasteiger partial charge < -0.3 is 15.5 Å². The molecule has 0 fully saturated rings. The fraction of sp³-hybridized carbons (Fsp3) is 0.154. The van der Waals surface area contributed by atoms with Gasteiger partial charge in [-0.3, -0.25) is 14.9 Å². The van der Waals surface area contributed by atoms with Gasteiger partial charge in [-0.25, -0.2) is 0 Å². The predicted molar refractivity (Wildman–Crippen MR) is 70.2 cm³/mol. The van der Waals surface area contributed by atoms with Crippen LogP contribution < -0.4 is 11.1 Å². The van der Waals surface area contributed by atoms with E-state index in [1.165, 1.54) is 12.1 Å². The van der Waals surface area contributed by atoms with E-state index >= 15 is 0 Å². The van der Waals surface area contributed by atoms with Gasteiger partial charge in [0.15, 0.2) is 0 Å². The first-order valence-corrected chi connectivity index (χ1v) is 5.97. The lowest BCUT2D eigenvalue weighted by Gasteiger charge is -2.10. The Labute approximate surface area is 113 Å². The van der Waals surface area contributed by atoms with Crippen molar-refractivity contribution in [2.75, 3.05) is 5.32 Å². The molecule has 1 amide bonds. The molecule has 0 saturated heterocycles. The van der Waals surface area contributed by atoms with Crippen LogP contribution in [0.1, 0.15) is 22.9 Å². The number of nitrogens with two attached hydrogens (primary N) is 1. The van der Waals surface area contributed by atoms with E-state index in [9.17, 15) is 14.9 Å². The summed E-state index contributed by atoms with van der Waals surface area (Å²) in [6.07, 6.45) is 0.314. The number of nitrogens with one attached hydrogen (secondary N) is 1. The summed E-state index contributed by atoms with van der Waals surface area (Å²) in [7, 11) is 0. The van der Waals surface area contributed by atoms with E-state index in [1.54, 1.807) is 12.1 Å². The van der Waals surface area contributed by atoms with Crippen molar-refractivity contribution < 1.29 is 14.1 Å². The zero-order valence-corrected chi connectivity index (χ0v) is 10.3. The molecule has 1 unspecified atom stereocenters. The molecule has 0 bridgehead atoms. The minimum Gasteiger partial charge on any atom is -0.404 e. The lowest BCUT2D eigenvalue weighted by molar-refractivity contribution is -0.402. The van der Waals surface area contributed by atoms with Gasteiger partial charge in [-0.15, -0.1) is 0 Å². The van der Waals surface area contributed by atoms with Gasteiger partial charge in [-0.2, -0.15) is 0 Å². The summed E-state index contributed by atoms with van der Waals surface area (Å²) in [5.41, 5.74) is 8.42. The molecule has 3 rings (SSSR count). The third-order valence-corrected chi connectivity index (χ3v) is 3.21. The normalized spacial score (nSPS) is 14.8. The second-order valence-corrected chi connectivity index (χ2v) is 4.55. The third kappa shape index (κ3) is 2.04. The van der Waals surface area contributed by atoms with Crippen LogP contribution in [-0.2, 0) is 11.2 Å². The topological polar surface area (TPSA) is 111 Å². The number of hydrogen-bond acceptors (Lipinski definition) is 5. The number of nitrogens with zero attached hydrogens (tertiary/aromatic N) is 1. The van der Waals surface area contributed by atoms with Crippen molar-refractivity contribution in [2.24, 2.45) is 5.73 Å². The maximum absolute atomic E-state index is 11.3. The summed E-state index contributed by atoms with van der Waals surface area (Å²) in [6, 6.07) is 7.50. The van der Waals surface area contributed by atoms with Gasteiger partial charge in [-0.1, -0.05) is 12.1 Å². The molecule has 7 nitrogen and oxygen atoms in total. The largest absolute Gasteiger partial charge is 0.433 e. The van der Waals surface area contributed by atoms with E-state index in [1.807, 2.05) is 6.07 Å². The van der Waals surface area contributed by atoms with Crippen molar-refractivity contribution in [3.8, 4) is 0 Å². The highest BCUT2D eigenvalue weighted by Crippen LogP contribution is 2.29. The Hall–Kier alpha value is -2.67. The van der Waals surface area contributed by atoms with Gasteiger partial charge in [-0.05, 0) is 23.3 Å². The molecular formula is C13H11N3O4. The molecule has 1 aliphatic heterocycles. The standard InChI is InChI=1S/C13H11N3O4/c14-13(10-3-4-12(20-10)16(18)19)7-1-2-9-8(5-7)6-11(17)15-9/h1-5,13H,6,14H2,(H,15,17). The summed E-state index contributed by atoms with van der Waals surface area (Å²) in [5, 5.41) is 13.3. The molecule has 1 atom stereocenters. The third-order valence-electron chi connectivity index (χ3n) is 3.21. The van der Waals surface area contributed by atoms with Crippen LogP contribution in [0.2, 0.25) is 0 Å². The van der Waals surface area contributed by atoms with Gasteiger partial charge in [0.25, 0.3) is 0 Å². The van der Waals surface area contributed by atoms with Crippen LogP contribution in [0.5, 0.6) is 0 Å². The quantitative estimate of drug-likeness (QED) is 0.653. The monoisotopic (exact) mass is 273 g/mol. The van der Waals surface area contributed by atoms with Crippen molar-refractivity contribution in [3.05, 3.63) is 57.3 Å². The lowest BCUT2D eigenvalue weighted by atomic mass is 10.0. The SMILES string of the molecule is NC(c1ccc2c(c1)CC(=O)N2)c1ccc([N+](=O)[O-])o1. The first-order valence-electron chi connectivity index (χ1n) is 5.97. The molecular weight excluding hydrogens is 262 g/mol. The fourth-order valence-electron chi connectivity index (χ4n) is 2.21. The van der Waals surface area contributed by atoms with Gasteiger partial charge in [0.2, 0.25) is 5.91 Å². The summed E-state index contributed by atoms with van der Waals surface area (Å²) in [5.74, 6) is -0.0817. The fourth-order valence-corrected chi connectivity index (χ4v) is 2.21. The van der Waals surface area contributed by atoms with Crippen molar-refractivity contribution in [1.82, 2.24) is 0 Å². The second-order valence-electron chi connectivity index (χ2n) is 4.55. The first-order chi connectivity index (χ1) is 9.54. The maximum Gasteiger partial charge on any atom is 0.433 e. The van der Waals surface area contributed by atoms with Crippen molar-refractivity contribution in [1.29, 1.82) is 0 Å². The van der Waals surface area contributed by atoms with E-state index in [4.69, 9.17) is 10.2 Å². The van der Waals surface area contributed by atoms with Crippen molar-refractivity contribution in [3.63, 3.8) is 0 Å². The molecule has 2 heterocycles. The van der Waals surface area contributed by atoms with Crippen LogP contribution in [-0.4, -0.2) is 10.8 Å². The number of carbonyl (C=O) groups is 1. The summed E-state index contributed by atoms with van der Waals surface area (Å²) in [6.45, 7) is 0. The number of fused-ring (bicyclic) bond motifs is 1.